The number of hydrogen-bond donors (Lipinski definition) is 1. The Labute approximate surface area is 98.8 Å². The van der Waals surface area contributed by atoms with Gasteiger partial charge in [0.2, 0.25) is 0 Å². The van der Waals surface area contributed by atoms with Gasteiger partial charge in [-0.15, -0.1) is 0 Å². The second kappa shape index (κ2) is 5.17. The SMILES string of the molecule is CCC(CC)(CN(C)CC1CC1C)C(=O)O. The first kappa shape index (κ1) is 13.5. The molecule has 1 saturated carbocycles. The fourth-order valence-electron chi connectivity index (χ4n) is 2.48. The molecule has 1 fully saturated rings. The van der Waals surface area contributed by atoms with E-state index in [0.29, 0.717) is 19.4 Å². The first-order chi connectivity index (χ1) is 7.45. The van der Waals surface area contributed by atoms with Crippen LogP contribution in [0.4, 0.5) is 0 Å². The summed E-state index contributed by atoms with van der Waals surface area (Å²) in [5.41, 5.74) is -0.549. The summed E-state index contributed by atoms with van der Waals surface area (Å²) < 4.78 is 0. The minimum atomic E-state index is -0.645. The third-order valence-electron chi connectivity index (χ3n) is 4.20. The summed E-state index contributed by atoms with van der Waals surface area (Å²) in [5.74, 6) is 0.989. The first-order valence-electron chi connectivity index (χ1n) is 6.37. The van der Waals surface area contributed by atoms with Crippen LogP contribution in [0, 0.1) is 17.3 Å². The summed E-state index contributed by atoms with van der Waals surface area (Å²) >= 11 is 0. The molecule has 0 heterocycles. The summed E-state index contributed by atoms with van der Waals surface area (Å²) in [5, 5.41) is 9.35. The van der Waals surface area contributed by atoms with Crippen molar-refractivity contribution < 1.29 is 9.90 Å². The molecule has 1 N–H and O–H groups in total. The highest BCUT2D eigenvalue weighted by molar-refractivity contribution is 5.74. The molecule has 2 unspecified atom stereocenters. The summed E-state index contributed by atoms with van der Waals surface area (Å²) in [4.78, 5) is 13.6. The monoisotopic (exact) mass is 227 g/mol. The van der Waals surface area contributed by atoms with Crippen molar-refractivity contribution in [1.82, 2.24) is 4.90 Å². The molecule has 3 nitrogen and oxygen atoms in total. The van der Waals surface area contributed by atoms with Crippen molar-refractivity contribution in [1.29, 1.82) is 0 Å². The fraction of sp³-hybridized carbons (Fsp3) is 0.923. The zero-order valence-corrected chi connectivity index (χ0v) is 11.0. The molecule has 0 bridgehead atoms. The van der Waals surface area contributed by atoms with Gasteiger partial charge in [-0.1, -0.05) is 20.8 Å². The van der Waals surface area contributed by atoms with E-state index in [1.165, 1.54) is 6.42 Å². The molecule has 0 amide bonds. The van der Waals surface area contributed by atoms with E-state index in [-0.39, 0.29) is 0 Å². The van der Waals surface area contributed by atoms with Gasteiger partial charge in [-0.2, -0.15) is 0 Å². The van der Waals surface area contributed by atoms with Crippen molar-refractivity contribution in [2.24, 2.45) is 17.3 Å². The predicted octanol–water partition coefficient (Wildman–Crippen LogP) is 2.47. The van der Waals surface area contributed by atoms with Crippen molar-refractivity contribution in [2.45, 2.75) is 40.0 Å². The van der Waals surface area contributed by atoms with E-state index in [1.807, 2.05) is 20.9 Å². The van der Waals surface area contributed by atoms with Crippen LogP contribution in [-0.4, -0.2) is 36.1 Å². The maximum atomic E-state index is 11.4. The van der Waals surface area contributed by atoms with E-state index >= 15 is 0 Å². The van der Waals surface area contributed by atoms with E-state index in [0.717, 1.165) is 18.4 Å². The van der Waals surface area contributed by atoms with Crippen LogP contribution in [0.1, 0.15) is 40.0 Å². The molecule has 3 heteroatoms. The van der Waals surface area contributed by atoms with E-state index in [9.17, 15) is 9.90 Å². The lowest BCUT2D eigenvalue weighted by atomic mass is 9.82. The van der Waals surface area contributed by atoms with Crippen LogP contribution in [0.15, 0.2) is 0 Å². The lowest BCUT2D eigenvalue weighted by Gasteiger charge is -2.31. The van der Waals surface area contributed by atoms with E-state index < -0.39 is 11.4 Å². The largest absolute Gasteiger partial charge is 0.481 e. The van der Waals surface area contributed by atoms with Crippen molar-refractivity contribution in [3.05, 3.63) is 0 Å². The molecular weight excluding hydrogens is 202 g/mol. The van der Waals surface area contributed by atoms with E-state index in [1.54, 1.807) is 0 Å². The second-order valence-electron chi connectivity index (χ2n) is 5.46. The van der Waals surface area contributed by atoms with E-state index in [2.05, 4.69) is 11.8 Å². The average Bonchev–Trinajstić information content (AvgIpc) is 2.90. The lowest BCUT2D eigenvalue weighted by molar-refractivity contribution is -0.150. The standard InChI is InChI=1S/C13H25NO2/c1-5-13(6-2,12(15)16)9-14(4)8-11-7-10(11)3/h10-11H,5-9H2,1-4H3,(H,15,16). The molecule has 0 spiro atoms. The second-order valence-corrected chi connectivity index (χ2v) is 5.46. The molecule has 1 rings (SSSR count). The fourth-order valence-corrected chi connectivity index (χ4v) is 2.48. The maximum absolute atomic E-state index is 11.4. The van der Waals surface area contributed by atoms with Crippen LogP contribution in [-0.2, 0) is 4.79 Å². The predicted molar refractivity (Wildman–Crippen MR) is 65.4 cm³/mol. The average molecular weight is 227 g/mol. The lowest BCUT2D eigenvalue weighted by Crippen LogP contribution is -2.41. The molecule has 0 aromatic carbocycles. The van der Waals surface area contributed by atoms with Crippen molar-refractivity contribution in [2.75, 3.05) is 20.1 Å². The number of rotatable bonds is 7. The van der Waals surface area contributed by atoms with Gasteiger partial charge in [-0.25, -0.2) is 0 Å². The van der Waals surface area contributed by atoms with Gasteiger partial charge in [0, 0.05) is 13.1 Å². The van der Waals surface area contributed by atoms with Crippen LogP contribution < -0.4 is 0 Å². The highest BCUT2D eigenvalue weighted by Crippen LogP contribution is 2.38. The highest BCUT2D eigenvalue weighted by atomic mass is 16.4. The van der Waals surface area contributed by atoms with Gasteiger partial charge >= 0.3 is 5.97 Å². The third-order valence-corrected chi connectivity index (χ3v) is 4.20. The molecule has 0 saturated heterocycles. The van der Waals surface area contributed by atoms with Crippen molar-refractivity contribution in [3.8, 4) is 0 Å². The molecule has 0 aromatic rings. The van der Waals surface area contributed by atoms with Crippen molar-refractivity contribution in [3.63, 3.8) is 0 Å². The Bertz CT molecular complexity index is 248. The summed E-state index contributed by atoms with van der Waals surface area (Å²) in [6, 6.07) is 0. The smallest absolute Gasteiger partial charge is 0.310 e. The van der Waals surface area contributed by atoms with Gasteiger partial charge in [-0.3, -0.25) is 4.79 Å². The zero-order valence-electron chi connectivity index (χ0n) is 11.0. The Balaban J connectivity index is 2.50. The minimum absolute atomic E-state index is 0.549. The normalized spacial score (nSPS) is 24.8. The van der Waals surface area contributed by atoms with Gasteiger partial charge in [-0.05, 0) is 38.1 Å². The Morgan fingerprint density at radius 1 is 1.44 bits per heavy atom. The van der Waals surface area contributed by atoms with Crippen molar-refractivity contribution >= 4 is 5.97 Å². The third kappa shape index (κ3) is 2.97. The Kier molecular flexibility index (Phi) is 4.36. The maximum Gasteiger partial charge on any atom is 0.310 e. The van der Waals surface area contributed by atoms with Gasteiger partial charge in [0.25, 0.3) is 0 Å². The number of hydrogen-bond acceptors (Lipinski definition) is 2. The summed E-state index contributed by atoms with van der Waals surface area (Å²) in [6.45, 7) is 7.95. The summed E-state index contributed by atoms with van der Waals surface area (Å²) in [6.07, 6.45) is 2.73. The number of nitrogens with zero attached hydrogens (tertiary/aromatic N) is 1. The molecule has 1 aliphatic rings. The Morgan fingerprint density at radius 2 is 1.94 bits per heavy atom. The number of carbonyl (C=O) groups is 1. The Hall–Kier alpha value is -0.570. The topological polar surface area (TPSA) is 40.5 Å². The van der Waals surface area contributed by atoms with E-state index in [4.69, 9.17) is 0 Å². The molecule has 94 valence electrons. The highest BCUT2D eigenvalue weighted by Gasteiger charge is 2.38. The zero-order chi connectivity index (χ0) is 12.3. The first-order valence-corrected chi connectivity index (χ1v) is 6.37. The van der Waals surface area contributed by atoms with Gasteiger partial charge in [0.05, 0.1) is 5.41 Å². The molecule has 0 aromatic heterocycles. The number of aliphatic carboxylic acids is 1. The minimum Gasteiger partial charge on any atom is -0.481 e. The molecule has 1 aliphatic carbocycles. The number of carboxylic acids is 1. The van der Waals surface area contributed by atoms with Crippen LogP contribution in [0.5, 0.6) is 0 Å². The van der Waals surface area contributed by atoms with Gasteiger partial charge in [0.15, 0.2) is 0 Å². The van der Waals surface area contributed by atoms with Gasteiger partial charge in [0.1, 0.15) is 0 Å². The number of carboxylic acid groups (broad SMARTS) is 1. The Morgan fingerprint density at radius 3 is 2.25 bits per heavy atom. The molecule has 0 radical (unpaired) electrons. The van der Waals surface area contributed by atoms with Crippen LogP contribution in [0.2, 0.25) is 0 Å². The van der Waals surface area contributed by atoms with Crippen LogP contribution in [0.25, 0.3) is 0 Å². The van der Waals surface area contributed by atoms with Crippen LogP contribution >= 0.6 is 0 Å². The van der Waals surface area contributed by atoms with Crippen LogP contribution in [0.3, 0.4) is 0 Å². The molecule has 16 heavy (non-hydrogen) atoms. The molecular formula is C13H25NO2. The molecule has 2 atom stereocenters. The quantitative estimate of drug-likeness (QED) is 0.726. The van der Waals surface area contributed by atoms with Gasteiger partial charge < -0.3 is 10.0 Å². The summed E-state index contributed by atoms with van der Waals surface area (Å²) in [7, 11) is 2.05. The molecule has 0 aliphatic heterocycles.